The van der Waals surface area contributed by atoms with E-state index in [1.165, 1.54) is 5.56 Å². The van der Waals surface area contributed by atoms with Gasteiger partial charge >= 0.3 is 6.09 Å². The summed E-state index contributed by atoms with van der Waals surface area (Å²) in [4.78, 5) is 18.5. The zero-order valence-electron chi connectivity index (χ0n) is 18.5. The summed E-state index contributed by atoms with van der Waals surface area (Å²) in [6.07, 6.45) is 2.45. The summed E-state index contributed by atoms with van der Waals surface area (Å²) in [5, 5.41) is 9.99. The molecular weight excluding hydrogens is 396 g/mol. The van der Waals surface area contributed by atoms with Gasteiger partial charge in [0.1, 0.15) is 0 Å². The molecule has 0 atom stereocenters. The van der Waals surface area contributed by atoms with Crippen LogP contribution in [0.1, 0.15) is 30.9 Å². The summed E-state index contributed by atoms with van der Waals surface area (Å²) in [6.45, 7) is 5.89. The molecule has 0 N–H and O–H groups in total. The number of carbonyl (C=O) groups is 1. The first kappa shape index (κ1) is 21.3. The number of piperidine rings is 1. The Bertz CT molecular complexity index is 915. The van der Waals surface area contributed by atoms with Crippen molar-refractivity contribution in [3.05, 3.63) is 28.8 Å². The van der Waals surface area contributed by atoms with Crippen molar-refractivity contribution >= 4 is 11.8 Å². The first-order valence-electron chi connectivity index (χ1n) is 10.9. The number of likely N-dealkylation sites (tertiary alicyclic amines) is 1. The molecular formula is C23H30N4O4. The van der Waals surface area contributed by atoms with Gasteiger partial charge in [-0.15, -0.1) is 0 Å². The smallest absolute Gasteiger partial charge is 0.409 e. The summed E-state index contributed by atoms with van der Waals surface area (Å²) in [7, 11) is 3.28. The quantitative estimate of drug-likeness (QED) is 0.732. The topological polar surface area (TPSA) is 78.3 Å². The van der Waals surface area contributed by atoms with Crippen molar-refractivity contribution in [3.8, 4) is 17.6 Å². The first-order chi connectivity index (χ1) is 15.1. The number of carbonyl (C=O) groups excluding carboxylic acids is 1. The number of hydrogen-bond donors (Lipinski definition) is 0. The van der Waals surface area contributed by atoms with E-state index in [4.69, 9.17) is 14.2 Å². The third-order valence-corrected chi connectivity index (χ3v) is 6.47. The third-order valence-electron chi connectivity index (χ3n) is 6.47. The number of ether oxygens (including phenoxy) is 3. The molecule has 3 heterocycles. The third kappa shape index (κ3) is 4.02. The highest BCUT2D eigenvalue weighted by molar-refractivity contribution is 5.77. The molecule has 0 aliphatic carbocycles. The lowest BCUT2D eigenvalue weighted by atomic mass is 9.91. The first-order valence-corrected chi connectivity index (χ1v) is 10.9. The zero-order valence-corrected chi connectivity index (χ0v) is 18.5. The second-order valence-electron chi connectivity index (χ2n) is 8.12. The van der Waals surface area contributed by atoms with E-state index in [1.54, 1.807) is 19.1 Å². The monoisotopic (exact) mass is 426 g/mol. The number of hydrogen-bond acceptors (Lipinski definition) is 7. The maximum absolute atomic E-state index is 12.0. The van der Waals surface area contributed by atoms with Crippen molar-refractivity contribution in [2.75, 3.05) is 53.7 Å². The molecule has 8 nitrogen and oxygen atoms in total. The zero-order chi connectivity index (χ0) is 22.0. The number of fused-ring (bicyclic) bond motifs is 3. The minimum atomic E-state index is -0.225. The van der Waals surface area contributed by atoms with E-state index in [0.29, 0.717) is 38.0 Å². The molecule has 8 heteroatoms. The van der Waals surface area contributed by atoms with Gasteiger partial charge in [0.2, 0.25) is 0 Å². The van der Waals surface area contributed by atoms with Gasteiger partial charge in [-0.25, -0.2) is 4.79 Å². The normalized spacial score (nSPS) is 19.4. The van der Waals surface area contributed by atoms with Gasteiger partial charge in [0.25, 0.3) is 0 Å². The minimum absolute atomic E-state index is 0.225. The largest absolute Gasteiger partial charge is 0.493 e. The predicted molar refractivity (Wildman–Crippen MR) is 116 cm³/mol. The van der Waals surface area contributed by atoms with Crippen LogP contribution in [-0.4, -0.2) is 80.5 Å². The molecule has 166 valence electrons. The molecule has 0 unspecified atom stereocenters. The van der Waals surface area contributed by atoms with Crippen LogP contribution >= 0.6 is 0 Å². The van der Waals surface area contributed by atoms with Crippen LogP contribution in [0.25, 0.3) is 5.70 Å². The average molecular weight is 427 g/mol. The summed E-state index contributed by atoms with van der Waals surface area (Å²) in [6, 6.07) is 6.85. The Balaban J connectivity index is 1.55. The molecule has 1 saturated heterocycles. The van der Waals surface area contributed by atoms with Crippen molar-refractivity contribution in [1.82, 2.24) is 14.7 Å². The van der Waals surface area contributed by atoms with Crippen LogP contribution in [0.5, 0.6) is 11.5 Å². The van der Waals surface area contributed by atoms with Crippen molar-refractivity contribution in [2.24, 2.45) is 0 Å². The number of nitriles is 1. The predicted octanol–water partition coefficient (Wildman–Crippen LogP) is 2.69. The summed E-state index contributed by atoms with van der Waals surface area (Å²) >= 11 is 0. The fraction of sp³-hybridized carbons (Fsp3) is 0.565. The molecule has 0 radical (unpaired) electrons. The SMILES string of the molecule is CCOC(=O)N1CCC(N2CC(C#N)=C3c4cc(OC)c(OC)cc4CCN3C2)CC1. The van der Waals surface area contributed by atoms with Crippen molar-refractivity contribution in [2.45, 2.75) is 32.2 Å². The van der Waals surface area contributed by atoms with Gasteiger partial charge in [-0.2, -0.15) is 5.26 Å². The highest BCUT2D eigenvalue weighted by atomic mass is 16.6. The summed E-state index contributed by atoms with van der Waals surface area (Å²) < 4.78 is 16.1. The molecule has 1 fully saturated rings. The number of nitrogens with zero attached hydrogens (tertiary/aromatic N) is 4. The van der Waals surface area contributed by atoms with Crippen LogP contribution in [0.15, 0.2) is 17.7 Å². The van der Waals surface area contributed by atoms with Crippen LogP contribution in [0.3, 0.4) is 0 Å². The van der Waals surface area contributed by atoms with E-state index < -0.39 is 0 Å². The average Bonchev–Trinajstić information content (AvgIpc) is 2.82. The standard InChI is InChI=1S/C23H30N4O4/c1-4-31-23(28)25-9-6-18(7-10-25)27-14-17(13-24)22-19-12-21(30-3)20(29-2)11-16(19)5-8-26(22)15-27/h11-12,18H,4-10,14-15H2,1-3H3. The molecule has 1 aromatic rings. The molecule has 0 bridgehead atoms. The second-order valence-corrected chi connectivity index (χ2v) is 8.12. The Labute approximate surface area is 183 Å². The van der Waals surface area contributed by atoms with Crippen molar-refractivity contribution < 1.29 is 19.0 Å². The molecule has 0 spiro atoms. The van der Waals surface area contributed by atoms with Crippen molar-refractivity contribution in [3.63, 3.8) is 0 Å². The maximum atomic E-state index is 12.0. The van der Waals surface area contributed by atoms with Gasteiger partial charge in [-0.1, -0.05) is 0 Å². The molecule has 3 aliphatic heterocycles. The Morgan fingerprint density at radius 3 is 2.52 bits per heavy atom. The highest BCUT2D eigenvalue weighted by Gasteiger charge is 2.35. The van der Waals surface area contributed by atoms with E-state index in [9.17, 15) is 10.1 Å². The van der Waals surface area contributed by atoms with Gasteiger partial charge in [0, 0.05) is 37.8 Å². The second kappa shape index (κ2) is 9.06. The fourth-order valence-electron chi connectivity index (χ4n) is 4.89. The number of methoxy groups -OCH3 is 2. The number of rotatable bonds is 4. The molecule has 31 heavy (non-hydrogen) atoms. The lowest BCUT2D eigenvalue weighted by Gasteiger charge is -2.46. The van der Waals surface area contributed by atoms with Crippen LogP contribution in [0, 0.1) is 11.3 Å². The van der Waals surface area contributed by atoms with Crippen LogP contribution in [0.4, 0.5) is 4.79 Å². The molecule has 3 aliphatic rings. The van der Waals surface area contributed by atoms with Gasteiger partial charge in [-0.05, 0) is 43.9 Å². The number of benzene rings is 1. The van der Waals surface area contributed by atoms with E-state index in [2.05, 4.69) is 15.9 Å². The summed E-state index contributed by atoms with van der Waals surface area (Å²) in [5.74, 6) is 1.40. The van der Waals surface area contributed by atoms with Crippen LogP contribution in [-0.2, 0) is 11.2 Å². The van der Waals surface area contributed by atoms with Crippen LogP contribution in [0.2, 0.25) is 0 Å². The highest BCUT2D eigenvalue weighted by Crippen LogP contribution is 2.40. The Hall–Kier alpha value is -2.92. The van der Waals surface area contributed by atoms with E-state index in [1.807, 2.05) is 19.1 Å². The lowest BCUT2D eigenvalue weighted by molar-refractivity contribution is 0.0595. The van der Waals surface area contributed by atoms with Gasteiger partial charge in [-0.3, -0.25) is 4.90 Å². The van der Waals surface area contributed by atoms with Crippen molar-refractivity contribution in [1.29, 1.82) is 5.26 Å². The Morgan fingerprint density at radius 1 is 1.16 bits per heavy atom. The molecule has 1 amide bonds. The van der Waals surface area contributed by atoms with Gasteiger partial charge in [0.15, 0.2) is 11.5 Å². The van der Waals surface area contributed by atoms with E-state index in [0.717, 1.165) is 55.1 Å². The summed E-state index contributed by atoms with van der Waals surface area (Å²) in [5.41, 5.74) is 4.06. The van der Waals surface area contributed by atoms with E-state index in [-0.39, 0.29) is 6.09 Å². The van der Waals surface area contributed by atoms with Gasteiger partial charge in [0.05, 0.1) is 44.8 Å². The molecule has 1 aromatic carbocycles. The van der Waals surface area contributed by atoms with E-state index >= 15 is 0 Å². The minimum Gasteiger partial charge on any atom is -0.493 e. The molecule has 0 aromatic heterocycles. The van der Waals surface area contributed by atoms with Gasteiger partial charge < -0.3 is 24.0 Å². The molecule has 4 rings (SSSR count). The maximum Gasteiger partial charge on any atom is 0.409 e. The molecule has 0 saturated carbocycles. The fourth-order valence-corrected chi connectivity index (χ4v) is 4.89. The Morgan fingerprint density at radius 2 is 1.87 bits per heavy atom. The Kier molecular flexibility index (Phi) is 6.23. The number of amides is 1. The lowest BCUT2D eigenvalue weighted by Crippen LogP contribution is -2.53. The van der Waals surface area contributed by atoms with Crippen LogP contribution < -0.4 is 9.47 Å².